The SMILES string of the molecule is COc1ccc2c(c1)OC(c1ccc(Br)cc1Cl)CC2N. The van der Waals surface area contributed by atoms with E-state index in [1.807, 2.05) is 36.4 Å². The number of benzene rings is 2. The molecule has 3 rings (SSSR count). The maximum Gasteiger partial charge on any atom is 0.128 e. The van der Waals surface area contributed by atoms with E-state index in [9.17, 15) is 0 Å². The molecule has 0 saturated heterocycles. The minimum Gasteiger partial charge on any atom is -0.497 e. The molecule has 5 heteroatoms. The third-order valence-electron chi connectivity index (χ3n) is 3.67. The molecule has 3 nitrogen and oxygen atoms in total. The summed E-state index contributed by atoms with van der Waals surface area (Å²) < 4.78 is 12.3. The van der Waals surface area contributed by atoms with Gasteiger partial charge in [0.15, 0.2) is 0 Å². The first-order chi connectivity index (χ1) is 10.1. The van der Waals surface area contributed by atoms with E-state index in [1.54, 1.807) is 7.11 Å². The van der Waals surface area contributed by atoms with Crippen molar-refractivity contribution >= 4 is 27.5 Å². The van der Waals surface area contributed by atoms with Crippen LogP contribution in [0.1, 0.15) is 29.7 Å². The van der Waals surface area contributed by atoms with Gasteiger partial charge in [-0.2, -0.15) is 0 Å². The molecule has 21 heavy (non-hydrogen) atoms. The zero-order valence-electron chi connectivity index (χ0n) is 11.5. The van der Waals surface area contributed by atoms with Crippen molar-refractivity contribution in [2.45, 2.75) is 18.6 Å². The first-order valence-electron chi connectivity index (χ1n) is 6.63. The summed E-state index contributed by atoms with van der Waals surface area (Å²) in [6.45, 7) is 0. The predicted molar refractivity (Wildman–Crippen MR) is 87.1 cm³/mol. The fraction of sp³-hybridized carbons (Fsp3) is 0.250. The van der Waals surface area contributed by atoms with Crippen LogP contribution in [-0.4, -0.2) is 7.11 Å². The number of nitrogens with two attached hydrogens (primary N) is 1. The Balaban J connectivity index is 1.96. The number of ether oxygens (including phenoxy) is 2. The van der Waals surface area contributed by atoms with Gasteiger partial charge in [0.05, 0.1) is 7.11 Å². The third kappa shape index (κ3) is 2.89. The Labute approximate surface area is 137 Å². The van der Waals surface area contributed by atoms with Crippen molar-refractivity contribution in [1.82, 2.24) is 0 Å². The lowest BCUT2D eigenvalue weighted by molar-refractivity contribution is 0.161. The molecule has 0 spiro atoms. The fourth-order valence-corrected chi connectivity index (χ4v) is 3.36. The molecule has 0 bridgehead atoms. The van der Waals surface area contributed by atoms with Gasteiger partial charge in [0.25, 0.3) is 0 Å². The second kappa shape index (κ2) is 5.87. The van der Waals surface area contributed by atoms with Crippen molar-refractivity contribution in [1.29, 1.82) is 0 Å². The highest BCUT2D eigenvalue weighted by Gasteiger charge is 2.28. The van der Waals surface area contributed by atoms with E-state index in [0.29, 0.717) is 11.4 Å². The Morgan fingerprint density at radius 3 is 2.71 bits per heavy atom. The summed E-state index contributed by atoms with van der Waals surface area (Å²) >= 11 is 9.73. The Bertz CT molecular complexity index is 677. The molecule has 1 aliphatic heterocycles. The average molecular weight is 369 g/mol. The summed E-state index contributed by atoms with van der Waals surface area (Å²) in [5.41, 5.74) is 8.22. The van der Waals surface area contributed by atoms with E-state index in [1.165, 1.54) is 0 Å². The molecule has 110 valence electrons. The first kappa shape index (κ1) is 14.7. The second-order valence-corrected chi connectivity index (χ2v) is 6.34. The van der Waals surface area contributed by atoms with Gasteiger partial charge in [0.1, 0.15) is 17.6 Å². The third-order valence-corrected chi connectivity index (χ3v) is 4.49. The lowest BCUT2D eigenvalue weighted by atomic mass is 9.93. The van der Waals surface area contributed by atoms with Gasteiger partial charge in [-0.1, -0.05) is 39.7 Å². The van der Waals surface area contributed by atoms with Crippen LogP contribution in [0.2, 0.25) is 5.02 Å². The number of rotatable bonds is 2. The monoisotopic (exact) mass is 367 g/mol. The zero-order valence-corrected chi connectivity index (χ0v) is 13.8. The van der Waals surface area contributed by atoms with E-state index in [2.05, 4.69) is 15.9 Å². The van der Waals surface area contributed by atoms with Crippen molar-refractivity contribution in [3.63, 3.8) is 0 Å². The van der Waals surface area contributed by atoms with E-state index < -0.39 is 0 Å². The number of hydrogen-bond acceptors (Lipinski definition) is 3. The first-order valence-corrected chi connectivity index (χ1v) is 7.80. The molecule has 1 aliphatic rings. The number of methoxy groups -OCH3 is 1. The van der Waals surface area contributed by atoms with E-state index in [-0.39, 0.29) is 12.1 Å². The topological polar surface area (TPSA) is 44.5 Å². The van der Waals surface area contributed by atoms with Crippen LogP contribution in [-0.2, 0) is 0 Å². The van der Waals surface area contributed by atoms with Crippen LogP contribution < -0.4 is 15.2 Å². The summed E-state index contributed by atoms with van der Waals surface area (Å²) in [5, 5.41) is 0.674. The average Bonchev–Trinajstić information content (AvgIpc) is 2.46. The molecule has 0 amide bonds. The standard InChI is InChI=1S/C16H15BrClNO2/c1-20-10-3-5-12-14(19)8-16(21-15(12)7-10)11-4-2-9(17)6-13(11)18/h2-7,14,16H,8,19H2,1H3. The molecular formula is C16H15BrClNO2. The van der Waals surface area contributed by atoms with Crippen LogP contribution in [0.5, 0.6) is 11.5 Å². The maximum absolute atomic E-state index is 6.32. The Kier molecular flexibility index (Phi) is 4.11. The van der Waals surface area contributed by atoms with Crippen LogP contribution in [0.15, 0.2) is 40.9 Å². The molecule has 1 heterocycles. The van der Waals surface area contributed by atoms with Crippen molar-refractivity contribution in [3.8, 4) is 11.5 Å². The number of fused-ring (bicyclic) bond motifs is 1. The van der Waals surface area contributed by atoms with Gasteiger partial charge in [-0.15, -0.1) is 0 Å². The Morgan fingerprint density at radius 1 is 1.24 bits per heavy atom. The quantitative estimate of drug-likeness (QED) is 0.840. The van der Waals surface area contributed by atoms with Gasteiger partial charge in [-0.05, 0) is 18.2 Å². The largest absolute Gasteiger partial charge is 0.497 e. The molecule has 0 radical (unpaired) electrons. The molecular weight excluding hydrogens is 354 g/mol. The van der Waals surface area contributed by atoms with E-state index in [4.69, 9.17) is 26.8 Å². The molecule has 0 fully saturated rings. The Morgan fingerprint density at radius 2 is 2.00 bits per heavy atom. The minimum absolute atomic E-state index is 0.0793. The predicted octanol–water partition coefficient (Wildman–Crippen LogP) is 4.63. The van der Waals surface area contributed by atoms with Gasteiger partial charge in [-0.3, -0.25) is 0 Å². The summed E-state index contributed by atoms with van der Waals surface area (Å²) in [6.07, 6.45) is 0.543. The summed E-state index contributed by atoms with van der Waals surface area (Å²) in [7, 11) is 1.63. The lowest BCUT2D eigenvalue weighted by Crippen LogP contribution is -2.24. The number of halogens is 2. The second-order valence-electron chi connectivity index (χ2n) is 5.02. The molecule has 2 atom stereocenters. The van der Waals surface area contributed by atoms with Crippen LogP contribution in [0.3, 0.4) is 0 Å². The van der Waals surface area contributed by atoms with Gasteiger partial charge in [-0.25, -0.2) is 0 Å². The van der Waals surface area contributed by atoms with Gasteiger partial charge in [0, 0.05) is 39.2 Å². The molecule has 2 aromatic carbocycles. The maximum atomic E-state index is 6.32. The van der Waals surface area contributed by atoms with Crippen molar-refractivity contribution in [3.05, 3.63) is 57.0 Å². The highest BCUT2D eigenvalue weighted by Crippen LogP contribution is 2.43. The normalized spacial score (nSPS) is 20.6. The highest BCUT2D eigenvalue weighted by atomic mass is 79.9. The van der Waals surface area contributed by atoms with Gasteiger partial charge >= 0.3 is 0 Å². The van der Waals surface area contributed by atoms with Gasteiger partial charge in [0.2, 0.25) is 0 Å². The van der Waals surface area contributed by atoms with Crippen LogP contribution in [0.25, 0.3) is 0 Å². The number of hydrogen-bond donors (Lipinski definition) is 1. The van der Waals surface area contributed by atoms with Crippen molar-refractivity contribution in [2.24, 2.45) is 5.73 Å². The fourth-order valence-electron chi connectivity index (χ4n) is 2.56. The summed E-state index contributed by atoms with van der Waals surface area (Å²) in [6, 6.07) is 11.4. The van der Waals surface area contributed by atoms with Crippen molar-refractivity contribution in [2.75, 3.05) is 7.11 Å². The molecule has 0 aliphatic carbocycles. The molecule has 0 saturated carbocycles. The molecule has 2 unspecified atom stereocenters. The molecule has 2 aromatic rings. The van der Waals surface area contributed by atoms with E-state index >= 15 is 0 Å². The summed E-state index contributed by atoms with van der Waals surface area (Å²) in [5.74, 6) is 1.51. The van der Waals surface area contributed by atoms with Crippen LogP contribution in [0, 0.1) is 0 Å². The lowest BCUT2D eigenvalue weighted by Gasteiger charge is -2.31. The Hall–Kier alpha value is -1.23. The van der Waals surface area contributed by atoms with E-state index in [0.717, 1.165) is 27.1 Å². The minimum atomic E-state index is -0.153. The smallest absolute Gasteiger partial charge is 0.128 e. The van der Waals surface area contributed by atoms with Gasteiger partial charge < -0.3 is 15.2 Å². The van der Waals surface area contributed by atoms with Crippen LogP contribution >= 0.6 is 27.5 Å². The molecule has 2 N–H and O–H groups in total. The van der Waals surface area contributed by atoms with Crippen molar-refractivity contribution < 1.29 is 9.47 Å². The molecule has 0 aromatic heterocycles. The van der Waals surface area contributed by atoms with Crippen LogP contribution in [0.4, 0.5) is 0 Å². The highest BCUT2D eigenvalue weighted by molar-refractivity contribution is 9.10. The zero-order chi connectivity index (χ0) is 15.0. The summed E-state index contributed by atoms with van der Waals surface area (Å²) in [4.78, 5) is 0.